The molecule has 0 fully saturated rings. The van der Waals surface area contributed by atoms with E-state index in [1.807, 2.05) is 0 Å². The molecule has 0 radical (unpaired) electrons. The van der Waals surface area contributed by atoms with Crippen molar-refractivity contribution in [2.45, 2.75) is 6.17 Å². The molecule has 0 saturated carbocycles. The van der Waals surface area contributed by atoms with E-state index in [2.05, 4.69) is 15.9 Å². The highest BCUT2D eigenvalue weighted by Gasteiger charge is 2.24. The van der Waals surface area contributed by atoms with Crippen LogP contribution in [0.25, 0.3) is 0 Å². The molecule has 1 aromatic carbocycles. The number of anilines is 2. The molecule has 15 heavy (non-hydrogen) atoms. The molecule has 0 spiro atoms. The summed E-state index contributed by atoms with van der Waals surface area (Å²) in [7, 11) is 0. The van der Waals surface area contributed by atoms with Gasteiger partial charge in [-0.05, 0) is 18.2 Å². The second kappa shape index (κ2) is 3.52. The highest BCUT2D eigenvalue weighted by molar-refractivity contribution is 5.67. The van der Waals surface area contributed by atoms with E-state index in [0.717, 1.165) is 0 Å². The Kier molecular flexibility index (Phi) is 2.20. The van der Waals surface area contributed by atoms with Crippen LogP contribution in [0.1, 0.15) is 0 Å². The van der Waals surface area contributed by atoms with Crippen molar-refractivity contribution < 1.29 is 9.18 Å². The third-order valence-electron chi connectivity index (χ3n) is 1.94. The lowest BCUT2D eigenvalue weighted by Gasteiger charge is -2.19. The SMILES string of the molecule is Nc1ccc(F)c(N2NN=NC2C=O)c1. The molecule has 1 unspecified atom stereocenters. The van der Waals surface area contributed by atoms with E-state index in [9.17, 15) is 9.18 Å². The molecule has 1 aliphatic rings. The molecular weight excluding hydrogens is 201 g/mol. The summed E-state index contributed by atoms with van der Waals surface area (Å²) in [5, 5.41) is 8.17. The number of carbonyl (C=O) groups excluding carboxylic acids is 1. The second-order valence-electron chi connectivity index (χ2n) is 2.95. The van der Waals surface area contributed by atoms with Gasteiger partial charge < -0.3 is 5.73 Å². The van der Waals surface area contributed by atoms with Crippen LogP contribution in [0.2, 0.25) is 0 Å². The van der Waals surface area contributed by atoms with E-state index in [1.165, 1.54) is 23.2 Å². The lowest BCUT2D eigenvalue weighted by Crippen LogP contribution is -2.38. The van der Waals surface area contributed by atoms with E-state index in [-0.39, 0.29) is 5.69 Å². The van der Waals surface area contributed by atoms with Crippen molar-refractivity contribution in [2.24, 2.45) is 10.3 Å². The number of carbonyl (C=O) groups is 1. The first-order chi connectivity index (χ1) is 7.22. The first kappa shape index (κ1) is 9.38. The van der Waals surface area contributed by atoms with E-state index in [0.29, 0.717) is 12.0 Å². The van der Waals surface area contributed by atoms with Crippen molar-refractivity contribution in [3.63, 3.8) is 0 Å². The first-order valence-corrected chi connectivity index (χ1v) is 4.17. The summed E-state index contributed by atoms with van der Waals surface area (Å²) in [5.74, 6) is -0.504. The Bertz CT molecular complexity index is 421. The van der Waals surface area contributed by atoms with E-state index >= 15 is 0 Å². The van der Waals surface area contributed by atoms with Crippen LogP contribution in [0.4, 0.5) is 15.8 Å². The fourth-order valence-corrected chi connectivity index (χ4v) is 1.24. The Balaban J connectivity index is 2.37. The summed E-state index contributed by atoms with van der Waals surface area (Å²) in [6.45, 7) is 0. The zero-order chi connectivity index (χ0) is 10.8. The van der Waals surface area contributed by atoms with Crippen LogP contribution in [0.5, 0.6) is 0 Å². The smallest absolute Gasteiger partial charge is 0.219 e. The Morgan fingerprint density at radius 1 is 1.60 bits per heavy atom. The van der Waals surface area contributed by atoms with Gasteiger partial charge in [-0.15, -0.1) is 5.11 Å². The Morgan fingerprint density at radius 3 is 3.13 bits per heavy atom. The van der Waals surface area contributed by atoms with Crippen LogP contribution >= 0.6 is 0 Å². The molecule has 78 valence electrons. The Labute approximate surface area is 84.5 Å². The quantitative estimate of drug-likeness (QED) is 0.552. The monoisotopic (exact) mass is 209 g/mol. The van der Waals surface area contributed by atoms with E-state index in [4.69, 9.17) is 5.73 Å². The van der Waals surface area contributed by atoms with Crippen molar-refractivity contribution in [1.82, 2.24) is 5.53 Å². The maximum atomic E-state index is 13.4. The maximum absolute atomic E-state index is 13.4. The van der Waals surface area contributed by atoms with Gasteiger partial charge in [0.25, 0.3) is 0 Å². The fraction of sp³-hybridized carbons (Fsp3) is 0.125. The molecule has 0 aromatic heterocycles. The van der Waals surface area contributed by atoms with Crippen LogP contribution in [0.15, 0.2) is 28.5 Å². The molecule has 1 aromatic rings. The van der Waals surface area contributed by atoms with Gasteiger partial charge in [0.05, 0.1) is 5.69 Å². The average Bonchev–Trinajstić information content (AvgIpc) is 2.69. The average molecular weight is 209 g/mol. The largest absolute Gasteiger partial charge is 0.399 e. The molecule has 6 nitrogen and oxygen atoms in total. The standard InChI is InChI=1S/C8H8FN5O/c9-6-2-1-5(10)3-7(6)14-8(4-15)11-12-13-14/h1-4,8H,10H2,(H,11,13). The van der Waals surface area contributed by atoms with Gasteiger partial charge in [-0.25, -0.2) is 9.40 Å². The summed E-state index contributed by atoms with van der Waals surface area (Å²) in [4.78, 5) is 10.6. The second-order valence-corrected chi connectivity index (χ2v) is 2.95. The molecule has 0 aliphatic carbocycles. The third kappa shape index (κ3) is 1.58. The zero-order valence-electron chi connectivity index (χ0n) is 7.59. The van der Waals surface area contributed by atoms with Crippen LogP contribution in [0.3, 0.4) is 0 Å². The molecule has 1 aliphatic heterocycles. The topological polar surface area (TPSA) is 83.1 Å². The minimum Gasteiger partial charge on any atom is -0.399 e. The van der Waals surface area contributed by atoms with Gasteiger partial charge in [-0.1, -0.05) is 5.22 Å². The molecule has 0 saturated heterocycles. The van der Waals surface area contributed by atoms with Crippen LogP contribution < -0.4 is 16.3 Å². The number of nitrogens with one attached hydrogen (secondary N) is 1. The third-order valence-corrected chi connectivity index (χ3v) is 1.94. The van der Waals surface area contributed by atoms with Crippen molar-refractivity contribution >= 4 is 17.7 Å². The highest BCUT2D eigenvalue weighted by atomic mass is 19.1. The number of nitrogens with two attached hydrogens (primary N) is 1. The highest BCUT2D eigenvalue weighted by Crippen LogP contribution is 2.24. The summed E-state index contributed by atoms with van der Waals surface area (Å²) in [5.41, 5.74) is 8.45. The normalized spacial score (nSPS) is 19.0. The van der Waals surface area contributed by atoms with Gasteiger partial charge in [0.1, 0.15) is 5.82 Å². The molecule has 1 heterocycles. The fourth-order valence-electron chi connectivity index (χ4n) is 1.24. The number of benzene rings is 1. The molecule has 0 bridgehead atoms. The molecule has 0 amide bonds. The van der Waals surface area contributed by atoms with Crippen molar-refractivity contribution in [3.05, 3.63) is 24.0 Å². The number of aldehydes is 1. The molecule has 3 N–H and O–H groups in total. The maximum Gasteiger partial charge on any atom is 0.219 e. The van der Waals surface area contributed by atoms with E-state index < -0.39 is 12.0 Å². The number of hydrogen-bond donors (Lipinski definition) is 2. The van der Waals surface area contributed by atoms with Gasteiger partial charge in [0.15, 0.2) is 6.29 Å². The Hall–Kier alpha value is -2.18. The van der Waals surface area contributed by atoms with Crippen LogP contribution in [-0.4, -0.2) is 12.5 Å². The number of hydrogen-bond acceptors (Lipinski definition) is 6. The summed E-state index contributed by atoms with van der Waals surface area (Å²) in [6, 6.07) is 4.04. The number of rotatable bonds is 2. The van der Waals surface area contributed by atoms with Crippen LogP contribution in [0, 0.1) is 5.82 Å². The lowest BCUT2D eigenvalue weighted by atomic mass is 10.2. The van der Waals surface area contributed by atoms with Crippen molar-refractivity contribution in [3.8, 4) is 0 Å². The lowest BCUT2D eigenvalue weighted by molar-refractivity contribution is -0.108. The summed E-state index contributed by atoms with van der Waals surface area (Å²) in [6.07, 6.45) is -0.312. The molecule has 2 rings (SSSR count). The predicted octanol–water partition coefficient (Wildman–Crippen LogP) is 0.625. The molecule has 7 heteroatoms. The number of nitrogen functional groups attached to an aromatic ring is 1. The predicted molar refractivity (Wildman–Crippen MR) is 51.1 cm³/mol. The van der Waals surface area contributed by atoms with E-state index in [1.54, 1.807) is 0 Å². The van der Waals surface area contributed by atoms with Gasteiger partial charge in [-0.2, -0.15) is 5.53 Å². The van der Waals surface area contributed by atoms with Gasteiger partial charge in [-0.3, -0.25) is 4.79 Å². The zero-order valence-corrected chi connectivity index (χ0v) is 7.59. The first-order valence-electron chi connectivity index (χ1n) is 4.17. The summed E-state index contributed by atoms with van der Waals surface area (Å²) >= 11 is 0. The minimum atomic E-state index is -0.860. The molecule has 1 atom stereocenters. The number of halogens is 1. The van der Waals surface area contributed by atoms with Crippen molar-refractivity contribution in [1.29, 1.82) is 0 Å². The number of nitrogens with zero attached hydrogens (tertiary/aromatic N) is 3. The molecular formula is C8H8FN5O. The summed E-state index contributed by atoms with van der Waals surface area (Å²) < 4.78 is 13.4. The van der Waals surface area contributed by atoms with Gasteiger partial charge in [0.2, 0.25) is 6.17 Å². The van der Waals surface area contributed by atoms with Crippen LogP contribution in [-0.2, 0) is 4.79 Å². The van der Waals surface area contributed by atoms with Gasteiger partial charge in [0, 0.05) is 5.69 Å². The Morgan fingerprint density at radius 2 is 2.40 bits per heavy atom. The number of hydrazine groups is 1. The van der Waals surface area contributed by atoms with Gasteiger partial charge >= 0.3 is 0 Å². The van der Waals surface area contributed by atoms with Crippen molar-refractivity contribution in [2.75, 3.05) is 10.7 Å². The minimum absolute atomic E-state index is 0.136.